The van der Waals surface area contributed by atoms with Crippen molar-refractivity contribution in [1.82, 2.24) is 4.90 Å². The van der Waals surface area contributed by atoms with Gasteiger partial charge >= 0.3 is 6.09 Å². The van der Waals surface area contributed by atoms with E-state index >= 15 is 0 Å². The lowest BCUT2D eigenvalue weighted by molar-refractivity contribution is 0.0164. The van der Waals surface area contributed by atoms with E-state index < -0.39 is 5.60 Å². The summed E-state index contributed by atoms with van der Waals surface area (Å²) in [5.41, 5.74) is 7.88. The first-order valence-corrected chi connectivity index (χ1v) is 6.82. The van der Waals surface area contributed by atoms with Gasteiger partial charge in [-0.05, 0) is 51.0 Å². The second kappa shape index (κ2) is 6.66. The fraction of sp³-hybridized carbons (Fsp3) is 0.923. The van der Waals surface area contributed by atoms with Crippen LogP contribution in [0, 0.1) is 11.8 Å². The van der Waals surface area contributed by atoms with Gasteiger partial charge in [0.05, 0.1) is 0 Å². The van der Waals surface area contributed by atoms with Gasteiger partial charge in [-0.1, -0.05) is 12.0 Å². The summed E-state index contributed by atoms with van der Waals surface area (Å²) >= 11 is 0. The lowest BCUT2D eigenvalue weighted by atomic mass is 9.85. The topological polar surface area (TPSA) is 78.3 Å². The van der Waals surface area contributed by atoms with Crippen molar-refractivity contribution in [2.45, 2.75) is 46.1 Å². The van der Waals surface area contributed by atoms with Crippen LogP contribution in [-0.4, -0.2) is 36.2 Å². The highest BCUT2D eigenvalue weighted by atomic mass is 16.6. The first-order chi connectivity index (χ1) is 8.83. The van der Waals surface area contributed by atoms with Crippen molar-refractivity contribution in [2.24, 2.45) is 17.0 Å². The lowest BCUT2D eigenvalue weighted by Crippen LogP contribution is -2.42. The van der Waals surface area contributed by atoms with E-state index in [0.717, 1.165) is 25.9 Å². The van der Waals surface area contributed by atoms with Crippen LogP contribution in [0.25, 0.3) is 10.4 Å². The molecule has 0 aliphatic carbocycles. The highest BCUT2D eigenvalue weighted by molar-refractivity contribution is 5.68. The number of likely N-dealkylation sites (tertiary alicyclic amines) is 1. The minimum absolute atomic E-state index is 0.228. The van der Waals surface area contributed by atoms with Gasteiger partial charge < -0.3 is 9.64 Å². The summed E-state index contributed by atoms with van der Waals surface area (Å²) in [4.78, 5) is 16.5. The molecule has 1 aliphatic heterocycles. The largest absolute Gasteiger partial charge is 0.444 e. The Morgan fingerprint density at radius 2 is 2.05 bits per heavy atom. The first kappa shape index (κ1) is 15.6. The minimum Gasteiger partial charge on any atom is -0.444 e. The van der Waals surface area contributed by atoms with Gasteiger partial charge in [-0.25, -0.2) is 4.79 Å². The molecule has 0 aromatic rings. The van der Waals surface area contributed by atoms with Crippen LogP contribution in [0.15, 0.2) is 5.11 Å². The van der Waals surface area contributed by atoms with Crippen molar-refractivity contribution in [3.05, 3.63) is 10.4 Å². The van der Waals surface area contributed by atoms with Crippen LogP contribution in [0.2, 0.25) is 0 Å². The maximum Gasteiger partial charge on any atom is 0.410 e. The number of hydrogen-bond acceptors (Lipinski definition) is 3. The van der Waals surface area contributed by atoms with Crippen molar-refractivity contribution < 1.29 is 9.53 Å². The Kier molecular flexibility index (Phi) is 5.48. The first-order valence-electron chi connectivity index (χ1n) is 6.82. The van der Waals surface area contributed by atoms with E-state index in [-0.39, 0.29) is 6.09 Å². The van der Waals surface area contributed by atoms with E-state index in [0.29, 0.717) is 18.4 Å². The minimum atomic E-state index is -0.442. The van der Waals surface area contributed by atoms with Gasteiger partial charge in [0.2, 0.25) is 0 Å². The number of amides is 1. The summed E-state index contributed by atoms with van der Waals surface area (Å²) < 4.78 is 5.36. The zero-order valence-corrected chi connectivity index (χ0v) is 12.3. The highest BCUT2D eigenvalue weighted by Gasteiger charge is 2.28. The van der Waals surface area contributed by atoms with Crippen LogP contribution in [0.1, 0.15) is 40.5 Å². The smallest absolute Gasteiger partial charge is 0.410 e. The Morgan fingerprint density at radius 1 is 1.47 bits per heavy atom. The van der Waals surface area contributed by atoms with Crippen LogP contribution < -0.4 is 0 Å². The molecule has 0 N–H and O–H groups in total. The van der Waals surface area contributed by atoms with Gasteiger partial charge in [-0.15, -0.1) is 0 Å². The van der Waals surface area contributed by atoms with E-state index in [1.165, 1.54) is 0 Å². The average Bonchev–Trinajstić information content (AvgIpc) is 2.34. The SMILES string of the molecule is CC(CN=[N+]=[N-])C1CCN(C(=O)OC(C)(C)C)CC1. The molecule has 108 valence electrons. The summed E-state index contributed by atoms with van der Waals surface area (Å²) in [6, 6.07) is 0. The number of ether oxygens (including phenoxy) is 1. The van der Waals surface area contributed by atoms with E-state index in [2.05, 4.69) is 16.9 Å². The van der Waals surface area contributed by atoms with Crippen LogP contribution >= 0.6 is 0 Å². The summed E-state index contributed by atoms with van der Waals surface area (Å²) in [6.45, 7) is 9.70. The Labute approximate surface area is 114 Å². The monoisotopic (exact) mass is 268 g/mol. The number of carbonyl (C=O) groups excluding carboxylic acids is 1. The van der Waals surface area contributed by atoms with Gasteiger partial charge in [-0.2, -0.15) is 0 Å². The van der Waals surface area contributed by atoms with Gasteiger partial charge in [0, 0.05) is 24.5 Å². The number of hydrogen-bond donors (Lipinski definition) is 0. The number of azide groups is 1. The van der Waals surface area contributed by atoms with Crippen molar-refractivity contribution in [1.29, 1.82) is 0 Å². The van der Waals surface area contributed by atoms with E-state index in [9.17, 15) is 4.79 Å². The molecule has 6 heteroatoms. The van der Waals surface area contributed by atoms with Crippen LogP contribution in [0.3, 0.4) is 0 Å². The summed E-state index contributed by atoms with van der Waals surface area (Å²) in [7, 11) is 0. The molecule has 6 nitrogen and oxygen atoms in total. The Balaban J connectivity index is 2.40. The molecule has 1 saturated heterocycles. The Hall–Kier alpha value is -1.42. The van der Waals surface area contributed by atoms with Gasteiger partial charge in [-0.3, -0.25) is 0 Å². The lowest BCUT2D eigenvalue weighted by Gasteiger charge is -2.35. The zero-order chi connectivity index (χ0) is 14.5. The molecule has 1 atom stereocenters. The second-order valence-corrected chi connectivity index (χ2v) is 6.20. The van der Waals surface area contributed by atoms with Crippen LogP contribution in [-0.2, 0) is 4.74 Å². The molecule has 0 radical (unpaired) electrons. The van der Waals surface area contributed by atoms with Crippen LogP contribution in [0.5, 0.6) is 0 Å². The molecule has 0 aromatic heterocycles. The second-order valence-electron chi connectivity index (χ2n) is 6.20. The molecule has 0 saturated carbocycles. The molecule has 0 spiro atoms. The van der Waals surface area contributed by atoms with Gasteiger partial charge in [0.15, 0.2) is 0 Å². The van der Waals surface area contributed by atoms with E-state index in [4.69, 9.17) is 10.3 Å². The normalized spacial score (nSPS) is 18.6. The standard InChI is InChI=1S/C13H24N4O2/c1-10(9-15-16-14)11-5-7-17(8-6-11)12(18)19-13(2,3)4/h10-11H,5-9H2,1-4H3. The Morgan fingerprint density at radius 3 is 2.53 bits per heavy atom. The molecule has 0 bridgehead atoms. The predicted molar refractivity (Wildman–Crippen MR) is 73.7 cm³/mol. The third-order valence-corrected chi connectivity index (χ3v) is 3.43. The fourth-order valence-corrected chi connectivity index (χ4v) is 2.29. The average molecular weight is 268 g/mol. The third-order valence-electron chi connectivity index (χ3n) is 3.43. The summed E-state index contributed by atoms with van der Waals surface area (Å²) in [5, 5.41) is 3.62. The molecule has 19 heavy (non-hydrogen) atoms. The third kappa shape index (κ3) is 5.39. The molecule has 1 fully saturated rings. The van der Waals surface area contributed by atoms with Gasteiger partial charge in [0.1, 0.15) is 5.60 Å². The number of rotatable bonds is 3. The van der Waals surface area contributed by atoms with Crippen LogP contribution in [0.4, 0.5) is 4.79 Å². The Bertz CT molecular complexity index is 350. The summed E-state index contributed by atoms with van der Waals surface area (Å²) in [6.07, 6.45) is 1.66. The summed E-state index contributed by atoms with van der Waals surface area (Å²) in [5.74, 6) is 0.890. The maximum absolute atomic E-state index is 11.9. The molecule has 1 amide bonds. The molecule has 1 aliphatic rings. The molecule has 1 unspecified atom stereocenters. The quantitative estimate of drug-likeness (QED) is 0.445. The molecular weight excluding hydrogens is 244 g/mol. The van der Waals surface area contributed by atoms with Crippen molar-refractivity contribution in [2.75, 3.05) is 19.6 Å². The molecule has 1 heterocycles. The predicted octanol–water partition coefficient (Wildman–Crippen LogP) is 3.58. The highest BCUT2D eigenvalue weighted by Crippen LogP contribution is 2.26. The maximum atomic E-state index is 11.9. The van der Waals surface area contributed by atoms with Gasteiger partial charge in [0.25, 0.3) is 0 Å². The van der Waals surface area contributed by atoms with Crippen molar-refractivity contribution in [3.63, 3.8) is 0 Å². The zero-order valence-electron chi connectivity index (χ0n) is 12.3. The fourth-order valence-electron chi connectivity index (χ4n) is 2.29. The molecular formula is C13H24N4O2. The number of nitrogens with zero attached hydrogens (tertiary/aromatic N) is 4. The molecule has 0 aromatic carbocycles. The van der Waals surface area contributed by atoms with Crippen molar-refractivity contribution >= 4 is 6.09 Å². The number of carbonyl (C=O) groups is 1. The number of piperidine rings is 1. The van der Waals surface area contributed by atoms with Crippen molar-refractivity contribution in [3.8, 4) is 0 Å². The van der Waals surface area contributed by atoms with E-state index in [1.54, 1.807) is 4.90 Å². The van der Waals surface area contributed by atoms with E-state index in [1.807, 2.05) is 20.8 Å². The molecule has 1 rings (SSSR count).